The summed E-state index contributed by atoms with van der Waals surface area (Å²) in [6, 6.07) is 5.68. The van der Waals surface area contributed by atoms with Gasteiger partial charge in [-0.1, -0.05) is 12.1 Å². The number of nitrogens with zero attached hydrogens (tertiary/aromatic N) is 4. The van der Waals surface area contributed by atoms with Crippen molar-refractivity contribution in [1.29, 1.82) is 0 Å². The number of carbonyl (C=O) groups is 1. The van der Waals surface area contributed by atoms with Crippen LogP contribution in [0.3, 0.4) is 0 Å². The van der Waals surface area contributed by atoms with Crippen molar-refractivity contribution in [1.82, 2.24) is 25.5 Å². The minimum atomic E-state index is -0.211. The third-order valence-electron chi connectivity index (χ3n) is 5.08. The number of hydrogen-bond donors (Lipinski definition) is 3. The van der Waals surface area contributed by atoms with Gasteiger partial charge in [-0.3, -0.25) is 4.79 Å². The Morgan fingerprint density at radius 3 is 2.83 bits per heavy atom. The van der Waals surface area contributed by atoms with E-state index in [1.54, 1.807) is 19.2 Å². The number of amides is 1. The zero-order chi connectivity index (χ0) is 20.2. The third-order valence-corrected chi connectivity index (χ3v) is 5.08. The average molecular weight is 396 g/mol. The molecule has 0 radical (unpaired) electrons. The van der Waals surface area contributed by atoms with E-state index >= 15 is 0 Å². The van der Waals surface area contributed by atoms with Gasteiger partial charge in [0.25, 0.3) is 5.91 Å². The molecule has 1 fully saturated rings. The number of aromatic nitrogens is 4. The molecule has 0 saturated heterocycles. The van der Waals surface area contributed by atoms with Gasteiger partial charge in [-0.25, -0.2) is 9.97 Å². The van der Waals surface area contributed by atoms with E-state index in [0.29, 0.717) is 41.8 Å². The number of para-hydroxylation sites is 1. The van der Waals surface area contributed by atoms with E-state index in [-0.39, 0.29) is 18.1 Å². The Labute approximate surface area is 168 Å². The number of fused-ring (bicyclic) bond motifs is 1. The number of aryl methyl sites for hydroxylation is 1. The molecule has 152 valence electrons. The molecule has 3 N–H and O–H groups in total. The Kier molecular flexibility index (Phi) is 5.66. The van der Waals surface area contributed by atoms with Crippen molar-refractivity contribution in [3.8, 4) is 0 Å². The first-order chi connectivity index (χ1) is 14.1. The molecular formula is C20H24N6O3. The van der Waals surface area contributed by atoms with Crippen LogP contribution in [-0.4, -0.2) is 49.9 Å². The standard InChI is InChI=1S/C20H24N6O3/c1-12-25-26-17(29-12)9-10-21-19(28)16-4-2-3-13-11-22-20(24-18(13)16)23-14-5-7-15(27)8-6-14/h2-4,11,14-15,27H,5-10H2,1H3,(H,21,28)(H,22,23,24)/t14-,15-. The van der Waals surface area contributed by atoms with Gasteiger partial charge in [0.1, 0.15) is 0 Å². The Balaban J connectivity index is 1.45. The highest BCUT2D eigenvalue weighted by Gasteiger charge is 2.20. The van der Waals surface area contributed by atoms with Crippen LogP contribution in [0.2, 0.25) is 0 Å². The van der Waals surface area contributed by atoms with E-state index in [1.807, 2.05) is 12.1 Å². The summed E-state index contributed by atoms with van der Waals surface area (Å²) < 4.78 is 5.32. The second kappa shape index (κ2) is 8.52. The number of anilines is 1. The van der Waals surface area contributed by atoms with E-state index in [2.05, 4.69) is 30.8 Å². The second-order valence-electron chi connectivity index (χ2n) is 7.31. The number of carbonyl (C=O) groups excluding carboxylic acids is 1. The molecule has 29 heavy (non-hydrogen) atoms. The molecule has 0 aliphatic heterocycles. The lowest BCUT2D eigenvalue weighted by Gasteiger charge is -2.26. The SMILES string of the molecule is Cc1nnc(CCNC(=O)c2cccc3cnc(N[C@H]4CC[C@H](O)CC4)nc23)o1. The molecule has 0 bridgehead atoms. The smallest absolute Gasteiger partial charge is 0.253 e. The van der Waals surface area contributed by atoms with Gasteiger partial charge in [0.05, 0.1) is 17.2 Å². The van der Waals surface area contributed by atoms with Crippen molar-refractivity contribution in [3.05, 3.63) is 41.7 Å². The Hall–Kier alpha value is -3.07. The molecule has 3 aromatic rings. The molecule has 1 saturated carbocycles. The highest BCUT2D eigenvalue weighted by molar-refractivity contribution is 6.05. The summed E-state index contributed by atoms with van der Waals surface area (Å²) >= 11 is 0. The number of nitrogens with one attached hydrogen (secondary N) is 2. The molecule has 2 heterocycles. The van der Waals surface area contributed by atoms with Crippen molar-refractivity contribution in [2.45, 2.75) is 51.2 Å². The fraction of sp³-hybridized carbons (Fsp3) is 0.450. The van der Waals surface area contributed by atoms with Gasteiger partial charge >= 0.3 is 0 Å². The summed E-state index contributed by atoms with van der Waals surface area (Å²) in [4.78, 5) is 21.7. The lowest BCUT2D eigenvalue weighted by Crippen LogP contribution is -2.29. The van der Waals surface area contributed by atoms with E-state index in [1.165, 1.54) is 0 Å². The summed E-state index contributed by atoms with van der Waals surface area (Å²) in [5.41, 5.74) is 1.10. The van der Waals surface area contributed by atoms with Gasteiger partial charge < -0.3 is 20.2 Å². The van der Waals surface area contributed by atoms with Gasteiger partial charge in [0.2, 0.25) is 17.7 Å². The molecule has 0 unspecified atom stereocenters. The lowest BCUT2D eigenvalue weighted by atomic mass is 9.93. The maximum atomic E-state index is 12.7. The number of benzene rings is 1. The molecular weight excluding hydrogens is 372 g/mol. The highest BCUT2D eigenvalue weighted by Crippen LogP contribution is 2.22. The van der Waals surface area contributed by atoms with E-state index < -0.39 is 0 Å². The Morgan fingerprint density at radius 2 is 2.07 bits per heavy atom. The summed E-state index contributed by atoms with van der Waals surface area (Å²) in [6.45, 7) is 2.11. The molecule has 1 aliphatic carbocycles. The topological polar surface area (TPSA) is 126 Å². The fourth-order valence-electron chi connectivity index (χ4n) is 3.53. The minimum absolute atomic E-state index is 0.211. The van der Waals surface area contributed by atoms with Crippen LogP contribution in [0.5, 0.6) is 0 Å². The van der Waals surface area contributed by atoms with Crippen LogP contribution in [0.15, 0.2) is 28.8 Å². The molecule has 1 aliphatic rings. The first-order valence-electron chi connectivity index (χ1n) is 9.86. The number of rotatable bonds is 6. The van der Waals surface area contributed by atoms with Crippen molar-refractivity contribution in [2.75, 3.05) is 11.9 Å². The second-order valence-corrected chi connectivity index (χ2v) is 7.31. The molecule has 9 nitrogen and oxygen atoms in total. The van der Waals surface area contributed by atoms with Crippen molar-refractivity contribution >= 4 is 22.8 Å². The van der Waals surface area contributed by atoms with Gasteiger partial charge in [0, 0.05) is 37.5 Å². The van der Waals surface area contributed by atoms with Crippen LogP contribution < -0.4 is 10.6 Å². The minimum Gasteiger partial charge on any atom is -0.426 e. The summed E-state index contributed by atoms with van der Waals surface area (Å²) in [7, 11) is 0. The molecule has 0 spiro atoms. The van der Waals surface area contributed by atoms with E-state index in [4.69, 9.17) is 4.42 Å². The van der Waals surface area contributed by atoms with Gasteiger partial charge in [-0.05, 0) is 31.7 Å². The maximum Gasteiger partial charge on any atom is 0.253 e. The van der Waals surface area contributed by atoms with Crippen LogP contribution in [0.4, 0.5) is 5.95 Å². The van der Waals surface area contributed by atoms with E-state index in [0.717, 1.165) is 31.1 Å². The Morgan fingerprint density at radius 1 is 1.24 bits per heavy atom. The van der Waals surface area contributed by atoms with Gasteiger partial charge in [0.15, 0.2) is 0 Å². The molecule has 1 aromatic carbocycles. The zero-order valence-corrected chi connectivity index (χ0v) is 16.3. The first-order valence-corrected chi connectivity index (χ1v) is 9.86. The van der Waals surface area contributed by atoms with Crippen molar-refractivity contribution in [3.63, 3.8) is 0 Å². The molecule has 2 aromatic heterocycles. The predicted octanol–water partition coefficient (Wildman–Crippen LogP) is 2.01. The normalized spacial score (nSPS) is 19.2. The number of aliphatic hydroxyl groups excluding tert-OH is 1. The van der Waals surface area contributed by atoms with Crippen LogP contribution in [0.1, 0.15) is 47.8 Å². The Bertz CT molecular complexity index is 997. The van der Waals surface area contributed by atoms with Crippen LogP contribution in [0, 0.1) is 6.92 Å². The number of aliphatic hydroxyl groups is 1. The van der Waals surface area contributed by atoms with Crippen molar-refractivity contribution in [2.24, 2.45) is 0 Å². The first kappa shape index (κ1) is 19.3. The summed E-state index contributed by atoms with van der Waals surface area (Å²) in [6.07, 6.45) is 5.28. The fourth-order valence-corrected chi connectivity index (χ4v) is 3.53. The van der Waals surface area contributed by atoms with Crippen molar-refractivity contribution < 1.29 is 14.3 Å². The lowest BCUT2D eigenvalue weighted by molar-refractivity contribution is 0.0955. The van der Waals surface area contributed by atoms with Crippen LogP contribution in [0.25, 0.3) is 10.9 Å². The van der Waals surface area contributed by atoms with Gasteiger partial charge in [-0.2, -0.15) is 0 Å². The molecule has 0 atom stereocenters. The zero-order valence-electron chi connectivity index (χ0n) is 16.3. The molecule has 9 heteroatoms. The highest BCUT2D eigenvalue weighted by atomic mass is 16.4. The predicted molar refractivity (Wildman–Crippen MR) is 106 cm³/mol. The maximum absolute atomic E-state index is 12.7. The molecule has 4 rings (SSSR count). The largest absolute Gasteiger partial charge is 0.426 e. The van der Waals surface area contributed by atoms with Gasteiger partial charge in [-0.15, -0.1) is 10.2 Å². The third kappa shape index (κ3) is 4.68. The monoisotopic (exact) mass is 396 g/mol. The van der Waals surface area contributed by atoms with Crippen LogP contribution >= 0.6 is 0 Å². The van der Waals surface area contributed by atoms with E-state index in [9.17, 15) is 9.90 Å². The summed E-state index contributed by atoms with van der Waals surface area (Å²) in [5, 5.41) is 24.4. The number of hydrogen-bond acceptors (Lipinski definition) is 8. The average Bonchev–Trinajstić information content (AvgIpc) is 3.14. The molecule has 1 amide bonds. The van der Waals surface area contributed by atoms with Crippen LogP contribution in [-0.2, 0) is 6.42 Å². The summed E-state index contributed by atoms with van der Waals surface area (Å²) in [5.74, 6) is 1.29. The quantitative estimate of drug-likeness (QED) is 0.578.